The number of nitrogens with zero attached hydrogens (tertiary/aromatic N) is 2. The van der Waals surface area contributed by atoms with Gasteiger partial charge in [0.25, 0.3) is 0 Å². The summed E-state index contributed by atoms with van der Waals surface area (Å²) in [4.78, 5) is 15.9. The third-order valence-electron chi connectivity index (χ3n) is 2.64. The van der Waals surface area contributed by atoms with Crippen LogP contribution in [0.25, 0.3) is 10.9 Å². The molecule has 5 heteroatoms. The van der Waals surface area contributed by atoms with Gasteiger partial charge in [-0.15, -0.1) is 0 Å². The lowest BCUT2D eigenvalue weighted by Crippen LogP contribution is -2.20. The Hall–Kier alpha value is -2.43. The number of fused-ring (bicyclic) bond motifs is 1. The van der Waals surface area contributed by atoms with Gasteiger partial charge in [0.05, 0.1) is 12.1 Å². The SMILES string of the molecule is CCOC(=O)C(Cc1ccc2ccccc2n1)=NO. The Morgan fingerprint density at radius 3 is 2.84 bits per heavy atom. The molecule has 2 aromatic rings. The maximum atomic E-state index is 11.5. The minimum atomic E-state index is -0.625. The van der Waals surface area contributed by atoms with Crippen LogP contribution in [0.15, 0.2) is 41.6 Å². The van der Waals surface area contributed by atoms with Gasteiger partial charge in [-0.05, 0) is 19.1 Å². The lowest BCUT2D eigenvalue weighted by atomic mass is 10.1. The first-order valence-corrected chi connectivity index (χ1v) is 5.97. The van der Waals surface area contributed by atoms with E-state index < -0.39 is 5.97 Å². The van der Waals surface area contributed by atoms with Crippen molar-refractivity contribution in [3.63, 3.8) is 0 Å². The van der Waals surface area contributed by atoms with Gasteiger partial charge in [-0.1, -0.05) is 29.4 Å². The van der Waals surface area contributed by atoms with Crippen molar-refractivity contribution in [3.8, 4) is 0 Å². The van der Waals surface area contributed by atoms with E-state index in [0.717, 1.165) is 10.9 Å². The van der Waals surface area contributed by atoms with Crippen LogP contribution >= 0.6 is 0 Å². The minimum Gasteiger partial charge on any atom is -0.461 e. The van der Waals surface area contributed by atoms with Crippen molar-refractivity contribution < 1.29 is 14.7 Å². The zero-order valence-corrected chi connectivity index (χ0v) is 10.5. The van der Waals surface area contributed by atoms with Crippen LogP contribution in [0.2, 0.25) is 0 Å². The second-order valence-electron chi connectivity index (χ2n) is 3.94. The summed E-state index contributed by atoms with van der Waals surface area (Å²) in [6.45, 7) is 1.93. The number of rotatable bonds is 4. The molecule has 1 aromatic carbocycles. The van der Waals surface area contributed by atoms with Gasteiger partial charge in [0, 0.05) is 17.5 Å². The Balaban J connectivity index is 2.22. The van der Waals surface area contributed by atoms with Gasteiger partial charge in [-0.2, -0.15) is 0 Å². The molecule has 0 aliphatic carbocycles. The molecule has 2 rings (SSSR count). The molecule has 0 aliphatic rings. The number of carbonyl (C=O) groups is 1. The molecule has 5 nitrogen and oxygen atoms in total. The molecule has 0 saturated carbocycles. The zero-order valence-electron chi connectivity index (χ0n) is 10.5. The number of hydrogen-bond donors (Lipinski definition) is 1. The highest BCUT2D eigenvalue weighted by atomic mass is 16.5. The largest absolute Gasteiger partial charge is 0.461 e. The van der Waals surface area contributed by atoms with Crippen molar-refractivity contribution in [1.82, 2.24) is 4.98 Å². The van der Waals surface area contributed by atoms with Crippen LogP contribution in [0.4, 0.5) is 0 Å². The molecule has 0 bridgehead atoms. The number of oxime groups is 1. The van der Waals surface area contributed by atoms with Crippen molar-refractivity contribution in [3.05, 3.63) is 42.1 Å². The zero-order chi connectivity index (χ0) is 13.7. The van der Waals surface area contributed by atoms with E-state index in [2.05, 4.69) is 10.1 Å². The van der Waals surface area contributed by atoms with E-state index in [1.807, 2.05) is 30.3 Å². The molecule has 0 spiro atoms. The molecular formula is C14H14N2O3. The second kappa shape index (κ2) is 5.95. The summed E-state index contributed by atoms with van der Waals surface area (Å²) in [5, 5.41) is 12.9. The quantitative estimate of drug-likeness (QED) is 0.395. The van der Waals surface area contributed by atoms with Gasteiger partial charge in [-0.25, -0.2) is 4.79 Å². The van der Waals surface area contributed by atoms with Gasteiger partial charge in [0.1, 0.15) is 0 Å². The van der Waals surface area contributed by atoms with Crippen LogP contribution in [0.5, 0.6) is 0 Å². The third kappa shape index (κ3) is 3.07. The summed E-state index contributed by atoms with van der Waals surface area (Å²) in [5.74, 6) is -0.625. The van der Waals surface area contributed by atoms with E-state index in [0.29, 0.717) is 5.69 Å². The van der Waals surface area contributed by atoms with Gasteiger partial charge >= 0.3 is 5.97 Å². The number of esters is 1. The first kappa shape index (κ1) is 13.0. The molecule has 0 saturated heterocycles. The highest BCUT2D eigenvalue weighted by molar-refractivity contribution is 6.36. The topological polar surface area (TPSA) is 71.8 Å². The molecule has 0 amide bonds. The smallest absolute Gasteiger partial charge is 0.356 e. The minimum absolute atomic E-state index is 0.0513. The van der Waals surface area contributed by atoms with Crippen molar-refractivity contribution in [2.45, 2.75) is 13.3 Å². The number of para-hydroxylation sites is 1. The Bertz CT molecular complexity index is 623. The number of hydrogen-bond acceptors (Lipinski definition) is 5. The van der Waals surface area contributed by atoms with E-state index in [1.165, 1.54) is 0 Å². The maximum Gasteiger partial charge on any atom is 0.356 e. The lowest BCUT2D eigenvalue weighted by Gasteiger charge is -2.05. The molecule has 0 fully saturated rings. The fourth-order valence-electron chi connectivity index (χ4n) is 1.74. The van der Waals surface area contributed by atoms with Crippen LogP contribution < -0.4 is 0 Å². The Labute approximate surface area is 110 Å². The van der Waals surface area contributed by atoms with E-state index in [-0.39, 0.29) is 18.7 Å². The van der Waals surface area contributed by atoms with Crippen LogP contribution in [0, 0.1) is 0 Å². The molecule has 0 aliphatic heterocycles. The fourth-order valence-corrected chi connectivity index (χ4v) is 1.74. The fraction of sp³-hybridized carbons (Fsp3) is 0.214. The predicted octanol–water partition coefficient (Wildman–Crippen LogP) is 2.17. The molecule has 1 heterocycles. The van der Waals surface area contributed by atoms with Crippen molar-refractivity contribution in [2.75, 3.05) is 6.61 Å². The number of benzene rings is 1. The van der Waals surface area contributed by atoms with Crippen LogP contribution in [0.1, 0.15) is 12.6 Å². The summed E-state index contributed by atoms with van der Waals surface area (Å²) in [5.41, 5.74) is 1.44. The molecular weight excluding hydrogens is 244 g/mol. The van der Waals surface area contributed by atoms with Crippen LogP contribution in [-0.2, 0) is 16.0 Å². The molecule has 98 valence electrons. The summed E-state index contributed by atoms with van der Waals surface area (Å²) >= 11 is 0. The van der Waals surface area contributed by atoms with Crippen molar-refractivity contribution in [2.24, 2.45) is 5.16 Å². The van der Waals surface area contributed by atoms with Crippen LogP contribution in [-0.4, -0.2) is 28.5 Å². The average molecular weight is 258 g/mol. The highest BCUT2D eigenvalue weighted by Crippen LogP contribution is 2.12. The van der Waals surface area contributed by atoms with Crippen molar-refractivity contribution >= 4 is 22.6 Å². The number of ether oxygens (including phenoxy) is 1. The number of pyridine rings is 1. The Morgan fingerprint density at radius 1 is 1.32 bits per heavy atom. The standard InChI is InChI=1S/C14H14N2O3/c1-2-19-14(17)13(16-18)9-11-8-7-10-5-3-4-6-12(10)15-11/h3-8,18H,2,9H2,1H3. The number of carbonyl (C=O) groups excluding carboxylic acids is 1. The number of aromatic nitrogens is 1. The van der Waals surface area contributed by atoms with Gasteiger partial charge in [-0.3, -0.25) is 4.98 Å². The monoisotopic (exact) mass is 258 g/mol. The first-order chi connectivity index (χ1) is 9.24. The van der Waals surface area contributed by atoms with Crippen molar-refractivity contribution in [1.29, 1.82) is 0 Å². The molecule has 19 heavy (non-hydrogen) atoms. The average Bonchev–Trinajstić information content (AvgIpc) is 2.44. The summed E-state index contributed by atoms with van der Waals surface area (Å²) in [6.07, 6.45) is 0.139. The van der Waals surface area contributed by atoms with E-state index in [9.17, 15) is 4.79 Å². The first-order valence-electron chi connectivity index (χ1n) is 5.97. The Morgan fingerprint density at radius 2 is 2.11 bits per heavy atom. The molecule has 0 atom stereocenters. The molecule has 1 N–H and O–H groups in total. The Kier molecular flexibility index (Phi) is 4.07. The molecule has 0 unspecified atom stereocenters. The van der Waals surface area contributed by atoms with Gasteiger partial charge in [0.15, 0.2) is 5.71 Å². The second-order valence-corrected chi connectivity index (χ2v) is 3.94. The maximum absolute atomic E-state index is 11.5. The lowest BCUT2D eigenvalue weighted by molar-refractivity contribution is -0.135. The third-order valence-corrected chi connectivity index (χ3v) is 2.64. The molecule has 1 aromatic heterocycles. The van der Waals surface area contributed by atoms with Gasteiger partial charge < -0.3 is 9.94 Å². The summed E-state index contributed by atoms with van der Waals surface area (Å²) in [6, 6.07) is 11.4. The van der Waals surface area contributed by atoms with E-state index in [1.54, 1.807) is 13.0 Å². The van der Waals surface area contributed by atoms with E-state index in [4.69, 9.17) is 9.94 Å². The molecule has 0 radical (unpaired) electrons. The van der Waals surface area contributed by atoms with E-state index >= 15 is 0 Å². The van der Waals surface area contributed by atoms with Gasteiger partial charge in [0.2, 0.25) is 0 Å². The highest BCUT2D eigenvalue weighted by Gasteiger charge is 2.15. The summed E-state index contributed by atoms with van der Waals surface area (Å²) in [7, 11) is 0. The normalized spacial score (nSPS) is 11.5. The van der Waals surface area contributed by atoms with Crippen LogP contribution in [0.3, 0.4) is 0 Å². The summed E-state index contributed by atoms with van der Waals surface area (Å²) < 4.78 is 4.80. The predicted molar refractivity (Wildman–Crippen MR) is 71.3 cm³/mol.